The Bertz CT molecular complexity index is 3660. The Morgan fingerprint density at radius 1 is 0.554 bits per heavy atom. The summed E-state index contributed by atoms with van der Waals surface area (Å²) in [6.45, 7) is 36.7. The highest BCUT2D eigenvalue weighted by molar-refractivity contribution is 6.20. The smallest absolute Gasteiger partial charge is 0.298 e. The van der Waals surface area contributed by atoms with Crippen molar-refractivity contribution in [3.63, 3.8) is 0 Å². The lowest BCUT2D eigenvalue weighted by Gasteiger charge is -2.56. The van der Waals surface area contributed by atoms with Gasteiger partial charge in [0.1, 0.15) is 68.3 Å². The number of hydrogen-bond acceptors (Lipinski definition) is 16. The van der Waals surface area contributed by atoms with Crippen LogP contribution in [0.1, 0.15) is 216 Å². The van der Waals surface area contributed by atoms with Crippen LogP contribution in [0.3, 0.4) is 0 Å². The van der Waals surface area contributed by atoms with E-state index in [4.69, 9.17) is 37.9 Å². The average Bonchev–Trinajstić information content (AvgIpc) is 1.41. The molecule has 16 nitrogen and oxygen atoms in total. The first-order chi connectivity index (χ1) is 43.2. The summed E-state index contributed by atoms with van der Waals surface area (Å²) in [4.78, 5) is 80.9. The summed E-state index contributed by atoms with van der Waals surface area (Å²) in [6.07, 6.45) is 17.8. The molecule has 4 saturated carbocycles. The maximum Gasteiger partial charge on any atom is 0.298 e. The minimum atomic E-state index is -1.54. The number of carbonyl (C=O) groups excluding carboxylic acids is 6. The maximum atomic E-state index is 15.0. The number of aromatic hydroxyl groups is 2. The average molecular weight is 1260 g/mol. The van der Waals surface area contributed by atoms with E-state index >= 15 is 0 Å². The number of ketones is 4. The number of benzene rings is 2. The van der Waals surface area contributed by atoms with Crippen molar-refractivity contribution in [3.8, 4) is 34.5 Å². The molecule has 2 saturated heterocycles. The van der Waals surface area contributed by atoms with Crippen molar-refractivity contribution in [3.05, 3.63) is 128 Å². The van der Waals surface area contributed by atoms with Gasteiger partial charge in [-0.15, -0.1) is 0 Å². The third kappa shape index (κ3) is 8.64. The normalized spacial score (nSPS) is 36.0. The molecule has 2 aromatic carbocycles. The monoisotopic (exact) mass is 1260 g/mol. The molecule has 2 aromatic rings. The molecule has 6 fully saturated rings. The molecule has 16 heteroatoms. The largest absolute Gasteiger partial charge is 0.507 e. The number of phenolic OH excluding ortho intramolecular Hbond substituents is 2. The predicted octanol–water partition coefficient (Wildman–Crippen LogP) is 14.0. The lowest BCUT2D eigenvalue weighted by Crippen LogP contribution is -2.72. The molecule has 6 heterocycles. The second-order valence-electron chi connectivity index (χ2n) is 30.8. The maximum absolute atomic E-state index is 15.0. The van der Waals surface area contributed by atoms with E-state index in [0.717, 1.165) is 48.0 Å². The second kappa shape index (κ2) is 21.1. The molecule has 6 unspecified atom stereocenters. The van der Waals surface area contributed by atoms with E-state index < -0.39 is 56.6 Å². The molecule has 92 heavy (non-hydrogen) atoms. The van der Waals surface area contributed by atoms with Crippen LogP contribution in [0.5, 0.6) is 34.5 Å². The topological polar surface area (TPSA) is 217 Å². The van der Waals surface area contributed by atoms with Crippen molar-refractivity contribution in [2.75, 3.05) is 0 Å². The number of rotatable bonds is 14. The van der Waals surface area contributed by atoms with Gasteiger partial charge in [0.2, 0.25) is 0 Å². The summed E-state index contributed by atoms with van der Waals surface area (Å²) in [5.41, 5.74) is -0.518. The first-order valence-corrected chi connectivity index (χ1v) is 33.0. The molecule has 14 atom stereocenters. The van der Waals surface area contributed by atoms with Gasteiger partial charge in [-0.05, 0) is 185 Å². The van der Waals surface area contributed by atoms with Crippen LogP contribution >= 0.6 is 0 Å². The van der Waals surface area contributed by atoms with E-state index in [0.29, 0.717) is 108 Å². The van der Waals surface area contributed by atoms with Gasteiger partial charge >= 0.3 is 0 Å². The Balaban J connectivity index is 0.000000168. The molecule has 2 N–H and O–H groups in total. The van der Waals surface area contributed by atoms with E-state index in [2.05, 4.69) is 39.2 Å². The standard InChI is InChI=1S/2C38H44O8/c2*1-19(2)9-10-24-32-28(25-17-36(8,44-32)13-12-23(25)20(3)4)31(41)29-30(40)26-15-22-16-27-35(6,7)46-37(34(22)42,14-11-21(5)43-18-39)38(26,27)45-33(24)29/h2*9,11,15,18,22-23,25,27,41H,3,10,12-14,16-17H2,1-2,4-8H3/b2*21-11-/t22?,23?,25-,27?,36-,37-,38-;22?,23-,25?,27?,36-,37+,38+/m10/s1. The molecule has 8 aliphatic carbocycles. The molecule has 14 aliphatic rings. The first-order valence-electron chi connectivity index (χ1n) is 33.0. The lowest BCUT2D eigenvalue weighted by molar-refractivity contribution is -0.172. The van der Waals surface area contributed by atoms with Gasteiger partial charge in [-0.25, -0.2) is 0 Å². The summed E-state index contributed by atoms with van der Waals surface area (Å²) >= 11 is 0. The fourth-order valence-electron chi connectivity index (χ4n) is 19.4. The van der Waals surface area contributed by atoms with E-state index in [1.54, 1.807) is 38.2 Å². The number of hydrogen-bond donors (Lipinski definition) is 2. The molecule has 6 aliphatic heterocycles. The molecular weight excluding hydrogens is 1170 g/mol. The van der Waals surface area contributed by atoms with E-state index in [-0.39, 0.29) is 106 Å². The van der Waals surface area contributed by atoms with Gasteiger partial charge in [-0.2, -0.15) is 0 Å². The molecule has 12 bridgehead atoms. The summed E-state index contributed by atoms with van der Waals surface area (Å²) in [6, 6.07) is 0. The van der Waals surface area contributed by atoms with Crippen molar-refractivity contribution >= 4 is 36.1 Å². The van der Waals surface area contributed by atoms with Crippen LogP contribution in [-0.2, 0) is 51.0 Å². The van der Waals surface area contributed by atoms with Crippen LogP contribution in [0.2, 0.25) is 0 Å². The van der Waals surface area contributed by atoms with Gasteiger partial charge in [0, 0.05) is 81.7 Å². The second-order valence-corrected chi connectivity index (χ2v) is 30.8. The van der Waals surface area contributed by atoms with Gasteiger partial charge in [0.25, 0.3) is 12.9 Å². The summed E-state index contributed by atoms with van der Waals surface area (Å²) in [7, 11) is 0. The van der Waals surface area contributed by atoms with Crippen LogP contribution in [0.25, 0.3) is 0 Å². The number of Topliss-reactive ketones (excluding diaryl/α,β-unsaturated/α-hetero) is 4. The Kier molecular flexibility index (Phi) is 14.6. The van der Waals surface area contributed by atoms with Crippen LogP contribution in [-0.4, -0.2) is 91.1 Å². The number of fused-ring (bicyclic) bond motifs is 10. The highest BCUT2D eigenvalue weighted by atomic mass is 16.6. The van der Waals surface area contributed by atoms with Gasteiger partial charge in [-0.1, -0.05) is 59.8 Å². The lowest BCUT2D eigenvalue weighted by atomic mass is 9.51. The van der Waals surface area contributed by atoms with Crippen LogP contribution in [0.4, 0.5) is 0 Å². The summed E-state index contributed by atoms with van der Waals surface area (Å²) < 4.78 is 51.9. The Labute approximate surface area is 539 Å². The number of ether oxygens (including phenoxy) is 8. The van der Waals surface area contributed by atoms with Gasteiger partial charge in [-0.3, -0.25) is 28.8 Å². The third-order valence-electron chi connectivity index (χ3n) is 23.4. The zero-order valence-corrected chi connectivity index (χ0v) is 55.7. The third-order valence-corrected chi connectivity index (χ3v) is 23.4. The SMILES string of the molecule is C=C(C)C1CC[C@]2(C)C[C@H]1c1c(O)c3c(c(CC=C(C)C)c1O2)O[C@]12C(=CC4CC1C(C)(C)O[C@]2(C/C=C(/C)OC=O)C4=O)C3=O.C=C(C)[C@@H]1CC[C@@]2(C)CC1c1c(O)c3c(c(CC=C(C)C)c1O2)O[C@]12C(=CC4CC1C(C)(C)O[C@]2(C/C=C(/C)OC=O)C4=O)C3=O. The number of allylic oxidation sites excluding steroid dienone is 10. The molecular formula is C76H88O16. The van der Waals surface area contributed by atoms with E-state index in [1.165, 1.54) is 0 Å². The van der Waals surface area contributed by atoms with Crippen molar-refractivity contribution < 1.29 is 76.9 Å². The van der Waals surface area contributed by atoms with Crippen molar-refractivity contribution in [2.45, 2.75) is 231 Å². The minimum Gasteiger partial charge on any atom is -0.507 e. The molecule has 16 rings (SSSR count). The highest BCUT2D eigenvalue weighted by Gasteiger charge is 2.83. The number of carbonyl (C=O) groups is 6. The summed E-state index contributed by atoms with van der Waals surface area (Å²) in [5, 5.41) is 24.4. The van der Waals surface area contributed by atoms with Crippen LogP contribution in [0.15, 0.2) is 94.6 Å². The zero-order valence-electron chi connectivity index (χ0n) is 55.7. The van der Waals surface area contributed by atoms with E-state index in [1.807, 2.05) is 69.2 Å². The molecule has 0 radical (unpaired) electrons. The Hall–Kier alpha value is -7.30. The molecule has 488 valence electrons. The van der Waals surface area contributed by atoms with Crippen molar-refractivity contribution in [2.24, 2.45) is 35.5 Å². The van der Waals surface area contributed by atoms with Crippen molar-refractivity contribution in [1.82, 2.24) is 0 Å². The zero-order chi connectivity index (χ0) is 66.3. The Morgan fingerprint density at radius 2 is 0.924 bits per heavy atom. The first kappa shape index (κ1) is 63.5. The molecule has 2 spiro atoms. The van der Waals surface area contributed by atoms with Crippen molar-refractivity contribution in [1.29, 1.82) is 0 Å². The predicted molar refractivity (Wildman–Crippen MR) is 342 cm³/mol. The minimum absolute atomic E-state index is 0.0546. The quantitative estimate of drug-likeness (QED) is 0.102. The van der Waals surface area contributed by atoms with Crippen LogP contribution in [0, 0.1) is 35.5 Å². The molecule has 0 aromatic heterocycles. The number of phenols is 2. The van der Waals surface area contributed by atoms with Gasteiger partial charge in [0.05, 0.1) is 11.2 Å². The Morgan fingerprint density at radius 3 is 1.26 bits per heavy atom. The van der Waals surface area contributed by atoms with Gasteiger partial charge < -0.3 is 48.1 Å². The van der Waals surface area contributed by atoms with Crippen LogP contribution < -0.4 is 18.9 Å². The van der Waals surface area contributed by atoms with Gasteiger partial charge in [0.15, 0.2) is 45.5 Å². The molecule has 0 amide bonds. The fourth-order valence-corrected chi connectivity index (χ4v) is 19.4. The summed E-state index contributed by atoms with van der Waals surface area (Å²) in [5.74, 6) is -0.461. The van der Waals surface area contributed by atoms with E-state index in [9.17, 15) is 39.0 Å². The fraction of sp³-hybridized carbons (Fsp3) is 0.553. The highest BCUT2D eigenvalue weighted by Crippen LogP contribution is 2.72.